The Kier molecular flexibility index (Phi) is 5.30. The summed E-state index contributed by atoms with van der Waals surface area (Å²) in [5, 5.41) is 4.53. The normalized spacial score (nSPS) is 16.4. The molecule has 1 saturated heterocycles. The fourth-order valence-corrected chi connectivity index (χ4v) is 4.99. The molecule has 0 aliphatic carbocycles. The molecule has 1 aromatic heterocycles. The van der Waals surface area contributed by atoms with Crippen molar-refractivity contribution >= 4 is 5.91 Å². The predicted octanol–water partition coefficient (Wildman–Crippen LogP) is 4.80. The number of para-hydroxylation sites is 1. The van der Waals surface area contributed by atoms with E-state index in [-0.39, 0.29) is 11.5 Å². The summed E-state index contributed by atoms with van der Waals surface area (Å²) in [6, 6.07) is 13.5. The number of carbonyl (C=O) groups is 1. The third kappa shape index (κ3) is 3.79. The molecule has 7 heteroatoms. The van der Waals surface area contributed by atoms with Crippen LogP contribution in [-0.2, 0) is 12.6 Å². The number of hydrogen-bond acceptors (Lipinski definition) is 5. The Balaban J connectivity index is 1.37. The zero-order valence-corrected chi connectivity index (χ0v) is 20.4. The molecule has 2 aliphatic heterocycles. The molecule has 0 N–H and O–H groups in total. The zero-order chi connectivity index (χ0) is 24.1. The average Bonchev–Trinajstić information content (AvgIpc) is 3.21. The number of fused-ring (bicyclic) bond motifs is 4. The van der Waals surface area contributed by atoms with E-state index in [1.165, 1.54) is 0 Å². The highest BCUT2D eigenvalue weighted by Gasteiger charge is 2.46. The number of benzene rings is 2. The van der Waals surface area contributed by atoms with E-state index >= 15 is 0 Å². The maximum absolute atomic E-state index is 13.4. The Labute approximate surface area is 200 Å². The van der Waals surface area contributed by atoms with Crippen molar-refractivity contribution in [3.63, 3.8) is 0 Å². The van der Waals surface area contributed by atoms with Crippen LogP contribution in [-0.4, -0.2) is 46.4 Å². The quantitative estimate of drug-likeness (QED) is 0.561. The number of aromatic nitrogens is 2. The van der Waals surface area contributed by atoms with Gasteiger partial charge in [0, 0.05) is 50.2 Å². The molecule has 0 radical (unpaired) electrons. The third-order valence-electron chi connectivity index (χ3n) is 6.56. The van der Waals surface area contributed by atoms with E-state index in [9.17, 15) is 4.79 Å². The smallest absolute Gasteiger partial charge is 0.257 e. The van der Waals surface area contributed by atoms with Crippen molar-refractivity contribution in [2.45, 2.75) is 44.8 Å². The summed E-state index contributed by atoms with van der Waals surface area (Å²) in [4.78, 5) is 15.3. The summed E-state index contributed by atoms with van der Waals surface area (Å²) in [5.74, 6) is 2.02. The van der Waals surface area contributed by atoms with Crippen LogP contribution in [0.2, 0.25) is 0 Å². The van der Waals surface area contributed by atoms with Gasteiger partial charge in [0.15, 0.2) is 0 Å². The number of amides is 1. The van der Waals surface area contributed by atoms with Crippen molar-refractivity contribution in [2.75, 3.05) is 20.2 Å². The van der Waals surface area contributed by atoms with Gasteiger partial charge in [-0.25, -0.2) is 0 Å². The van der Waals surface area contributed by atoms with Gasteiger partial charge in [0.05, 0.1) is 24.6 Å². The number of aryl methyl sites for hydroxylation is 1. The molecule has 0 bridgehead atoms. The van der Waals surface area contributed by atoms with Crippen LogP contribution in [0.25, 0.3) is 11.3 Å². The van der Waals surface area contributed by atoms with Crippen LogP contribution in [0.5, 0.6) is 17.2 Å². The Morgan fingerprint density at radius 2 is 1.85 bits per heavy atom. The molecule has 5 rings (SSSR count). The molecule has 0 atom stereocenters. The average molecular weight is 462 g/mol. The van der Waals surface area contributed by atoms with Gasteiger partial charge in [0.2, 0.25) is 0 Å². The second-order valence-corrected chi connectivity index (χ2v) is 9.99. The number of hydrogen-bond donors (Lipinski definition) is 0. The van der Waals surface area contributed by atoms with E-state index in [1.807, 2.05) is 67.9 Å². The molecule has 1 fully saturated rings. The van der Waals surface area contributed by atoms with Crippen LogP contribution in [0.1, 0.15) is 49.5 Å². The Hall–Kier alpha value is -3.48. The van der Waals surface area contributed by atoms with Crippen LogP contribution in [0, 0.1) is 0 Å². The molecule has 1 amide bonds. The van der Waals surface area contributed by atoms with Gasteiger partial charge in [0.25, 0.3) is 5.91 Å². The molecule has 2 aliphatic rings. The molecule has 0 unspecified atom stereocenters. The first-order chi connectivity index (χ1) is 16.2. The summed E-state index contributed by atoms with van der Waals surface area (Å²) in [7, 11) is 3.54. The lowest BCUT2D eigenvalue weighted by atomic mass is 9.81. The van der Waals surface area contributed by atoms with Crippen molar-refractivity contribution in [1.29, 1.82) is 0 Å². The standard InChI is InChI=1S/C27H31N3O4/c1-26(2,3)33-18-10-11-20(23(16-18)32-5)25(31)30-14-12-27(13-15-30)21-17-28-29(4)24(21)19-8-6-7-9-22(19)34-27/h6-11,16-17H,12-15H2,1-5H3. The van der Waals surface area contributed by atoms with Crippen LogP contribution < -0.4 is 14.2 Å². The Morgan fingerprint density at radius 1 is 1.12 bits per heavy atom. The van der Waals surface area contributed by atoms with Crippen molar-refractivity contribution in [3.05, 3.63) is 59.8 Å². The van der Waals surface area contributed by atoms with Crippen molar-refractivity contribution in [1.82, 2.24) is 14.7 Å². The molecular formula is C27H31N3O4. The van der Waals surface area contributed by atoms with Crippen molar-refractivity contribution in [2.24, 2.45) is 7.05 Å². The highest BCUT2D eigenvalue weighted by Crippen LogP contribution is 2.49. The molecule has 3 heterocycles. The van der Waals surface area contributed by atoms with E-state index in [0.29, 0.717) is 43.0 Å². The summed E-state index contributed by atoms with van der Waals surface area (Å²) in [5.41, 5.74) is 2.98. The molecule has 1 spiro atoms. The number of likely N-dealkylation sites (tertiary alicyclic amines) is 1. The van der Waals surface area contributed by atoms with Gasteiger partial charge in [-0.3, -0.25) is 9.48 Å². The number of nitrogens with zero attached hydrogens (tertiary/aromatic N) is 3. The molecule has 0 saturated carbocycles. The highest BCUT2D eigenvalue weighted by molar-refractivity contribution is 5.97. The van der Waals surface area contributed by atoms with Crippen molar-refractivity contribution < 1.29 is 19.0 Å². The number of ether oxygens (including phenoxy) is 3. The summed E-state index contributed by atoms with van der Waals surface area (Å²) >= 11 is 0. The molecule has 3 aromatic rings. The first-order valence-electron chi connectivity index (χ1n) is 11.7. The molecular weight excluding hydrogens is 430 g/mol. The molecule has 178 valence electrons. The third-order valence-corrected chi connectivity index (χ3v) is 6.56. The minimum atomic E-state index is -0.483. The lowest BCUT2D eigenvalue weighted by Gasteiger charge is -2.44. The van der Waals surface area contributed by atoms with Gasteiger partial charge in [-0.1, -0.05) is 12.1 Å². The zero-order valence-electron chi connectivity index (χ0n) is 20.4. The maximum Gasteiger partial charge on any atom is 0.257 e. The fraction of sp³-hybridized carbons (Fsp3) is 0.407. The van der Waals surface area contributed by atoms with Gasteiger partial charge in [-0.15, -0.1) is 0 Å². The van der Waals surface area contributed by atoms with E-state index in [2.05, 4.69) is 11.2 Å². The molecule has 7 nitrogen and oxygen atoms in total. The van der Waals surface area contributed by atoms with E-state index < -0.39 is 5.60 Å². The summed E-state index contributed by atoms with van der Waals surface area (Å²) in [6.45, 7) is 7.13. The Bertz CT molecular complexity index is 1230. The van der Waals surface area contributed by atoms with Gasteiger partial charge >= 0.3 is 0 Å². The van der Waals surface area contributed by atoms with Crippen LogP contribution >= 0.6 is 0 Å². The van der Waals surface area contributed by atoms with Gasteiger partial charge in [-0.2, -0.15) is 5.10 Å². The SMILES string of the molecule is COc1cc(OC(C)(C)C)ccc1C(=O)N1CCC2(CC1)Oc1ccccc1-c1c2cnn1C. The second kappa shape index (κ2) is 8.08. The largest absolute Gasteiger partial charge is 0.496 e. The van der Waals surface area contributed by atoms with E-state index in [0.717, 1.165) is 22.6 Å². The first-order valence-corrected chi connectivity index (χ1v) is 11.7. The van der Waals surface area contributed by atoms with E-state index in [1.54, 1.807) is 19.2 Å². The minimum absolute atomic E-state index is 0.0448. The van der Waals surface area contributed by atoms with Gasteiger partial charge < -0.3 is 19.1 Å². The minimum Gasteiger partial charge on any atom is -0.496 e. The maximum atomic E-state index is 13.4. The Morgan fingerprint density at radius 3 is 2.56 bits per heavy atom. The molecule has 34 heavy (non-hydrogen) atoms. The van der Waals surface area contributed by atoms with Crippen molar-refractivity contribution in [3.8, 4) is 28.5 Å². The van der Waals surface area contributed by atoms with Gasteiger partial charge in [-0.05, 0) is 45.0 Å². The monoisotopic (exact) mass is 461 g/mol. The topological polar surface area (TPSA) is 65.8 Å². The highest BCUT2D eigenvalue weighted by atomic mass is 16.5. The number of carbonyl (C=O) groups excluding carboxylic acids is 1. The molecule has 2 aromatic carbocycles. The van der Waals surface area contributed by atoms with E-state index in [4.69, 9.17) is 14.2 Å². The lowest BCUT2D eigenvalue weighted by Crippen LogP contribution is -2.49. The number of rotatable bonds is 3. The van der Waals surface area contributed by atoms with Crippen LogP contribution in [0.3, 0.4) is 0 Å². The first kappa shape index (κ1) is 22.3. The predicted molar refractivity (Wildman–Crippen MR) is 129 cm³/mol. The fourth-order valence-electron chi connectivity index (χ4n) is 4.99. The van der Waals surface area contributed by atoms with Gasteiger partial charge in [0.1, 0.15) is 28.5 Å². The van der Waals surface area contributed by atoms with Crippen LogP contribution in [0.4, 0.5) is 0 Å². The second-order valence-electron chi connectivity index (χ2n) is 9.99. The lowest BCUT2D eigenvalue weighted by molar-refractivity contribution is -0.00179. The van der Waals surface area contributed by atoms with Crippen LogP contribution in [0.15, 0.2) is 48.7 Å². The summed E-state index contributed by atoms with van der Waals surface area (Å²) in [6.07, 6.45) is 3.30. The number of piperidine rings is 1. The summed E-state index contributed by atoms with van der Waals surface area (Å²) < 4.78 is 20.0. The number of methoxy groups -OCH3 is 1.